The van der Waals surface area contributed by atoms with Crippen LogP contribution in [0.4, 0.5) is 0 Å². The number of rotatable bonds is 14. The monoisotopic (exact) mass is 350 g/mol. The first-order valence-electron chi connectivity index (χ1n) is 7.62. The summed E-state index contributed by atoms with van der Waals surface area (Å²) in [7, 11) is 0. The molecule has 3 unspecified atom stereocenters. The van der Waals surface area contributed by atoms with E-state index in [0.717, 1.165) is 0 Å². The van der Waals surface area contributed by atoms with Crippen LogP contribution in [-0.2, 0) is 28.5 Å². The zero-order chi connectivity index (χ0) is 16.8. The first-order chi connectivity index (χ1) is 10.5. The molecule has 6 nitrogen and oxygen atoms in total. The van der Waals surface area contributed by atoms with Gasteiger partial charge in [0.2, 0.25) is 0 Å². The summed E-state index contributed by atoms with van der Waals surface area (Å²) in [6, 6.07) is 0. The summed E-state index contributed by atoms with van der Waals surface area (Å²) < 4.78 is 26.8. The number of ether oxygens (including phenoxy) is 5. The topological polar surface area (TPSA) is 63.2 Å². The molecule has 0 fully saturated rings. The van der Waals surface area contributed by atoms with Crippen LogP contribution >= 0.6 is 0 Å². The van der Waals surface area contributed by atoms with Gasteiger partial charge in [0.15, 0.2) is 0 Å². The Kier molecular flexibility index (Phi) is 21.4. The van der Waals surface area contributed by atoms with E-state index in [9.17, 15) is 4.79 Å². The van der Waals surface area contributed by atoms with Gasteiger partial charge in [-0.15, -0.1) is 6.58 Å². The lowest BCUT2D eigenvalue weighted by Gasteiger charge is -2.19. The molecule has 0 aliphatic carbocycles. The third-order valence-corrected chi connectivity index (χ3v) is 2.56. The van der Waals surface area contributed by atoms with Crippen LogP contribution in [0.1, 0.15) is 42.5 Å². The summed E-state index contributed by atoms with van der Waals surface area (Å²) in [5, 5.41) is 0. The molecular weight excluding hydrogens is 312 g/mol. The molecule has 0 aromatic carbocycles. The minimum absolute atomic E-state index is 0. The molecule has 0 aliphatic heterocycles. The summed E-state index contributed by atoms with van der Waals surface area (Å²) in [6.07, 6.45) is 1.36. The van der Waals surface area contributed by atoms with E-state index in [4.69, 9.17) is 23.7 Å². The minimum Gasteiger partial charge on any atom is -0.460 e. The molecule has 24 heavy (non-hydrogen) atoms. The maximum Gasteiger partial charge on any atom is 0.302 e. The van der Waals surface area contributed by atoms with E-state index in [1.165, 1.54) is 6.92 Å². The van der Waals surface area contributed by atoms with Crippen LogP contribution in [-0.4, -0.2) is 63.9 Å². The molecule has 0 aromatic heterocycles. The lowest BCUT2D eigenvalue weighted by Crippen LogP contribution is -2.27. The standard InChI is InChI=1S/C16H30O6.2CH4/c1-6-7-18-8-9-19-10-13(2)20-11-14(3)21-12-15(4)22-16(5)17;;/h6,13-15H,1,7-12H2,2-5H3;2*1H4. The Bertz CT molecular complexity index is 295. The van der Waals surface area contributed by atoms with Gasteiger partial charge in [0, 0.05) is 6.92 Å². The molecule has 146 valence electrons. The molecule has 0 rings (SSSR count). The van der Waals surface area contributed by atoms with Crippen LogP contribution in [0.25, 0.3) is 0 Å². The van der Waals surface area contributed by atoms with Crippen molar-refractivity contribution in [2.75, 3.05) is 39.6 Å². The fourth-order valence-electron chi connectivity index (χ4n) is 1.55. The van der Waals surface area contributed by atoms with Gasteiger partial charge in [-0.1, -0.05) is 20.9 Å². The lowest BCUT2D eigenvalue weighted by molar-refractivity contribution is -0.150. The highest BCUT2D eigenvalue weighted by Crippen LogP contribution is 2.01. The largest absolute Gasteiger partial charge is 0.460 e. The molecule has 0 heterocycles. The number of hydrogen-bond acceptors (Lipinski definition) is 6. The van der Waals surface area contributed by atoms with Gasteiger partial charge in [-0.05, 0) is 20.8 Å². The lowest BCUT2D eigenvalue weighted by atomic mass is 10.4. The van der Waals surface area contributed by atoms with E-state index in [-0.39, 0.29) is 39.1 Å². The van der Waals surface area contributed by atoms with Crippen LogP contribution in [0.5, 0.6) is 0 Å². The molecule has 6 heteroatoms. The van der Waals surface area contributed by atoms with Crippen LogP contribution in [0.3, 0.4) is 0 Å². The van der Waals surface area contributed by atoms with Crippen LogP contribution < -0.4 is 0 Å². The molecule has 0 spiro atoms. The van der Waals surface area contributed by atoms with Crippen molar-refractivity contribution in [1.82, 2.24) is 0 Å². The highest BCUT2D eigenvalue weighted by Gasteiger charge is 2.11. The smallest absolute Gasteiger partial charge is 0.302 e. The average molecular weight is 350 g/mol. The Morgan fingerprint density at radius 3 is 1.96 bits per heavy atom. The predicted molar refractivity (Wildman–Crippen MR) is 97.4 cm³/mol. The second kappa shape index (κ2) is 18.4. The molecule has 0 aromatic rings. The molecule has 0 saturated carbocycles. The van der Waals surface area contributed by atoms with E-state index in [0.29, 0.717) is 39.6 Å². The third kappa shape index (κ3) is 19.1. The van der Waals surface area contributed by atoms with Gasteiger partial charge >= 0.3 is 5.97 Å². The van der Waals surface area contributed by atoms with Crippen molar-refractivity contribution in [3.05, 3.63) is 12.7 Å². The Labute approximate surface area is 148 Å². The predicted octanol–water partition coefficient (Wildman–Crippen LogP) is 3.24. The number of carbonyl (C=O) groups excluding carboxylic acids is 1. The van der Waals surface area contributed by atoms with Gasteiger partial charge in [0.05, 0.1) is 51.8 Å². The van der Waals surface area contributed by atoms with Gasteiger partial charge < -0.3 is 23.7 Å². The molecular formula is C18H38O6. The second-order valence-electron chi connectivity index (χ2n) is 5.15. The van der Waals surface area contributed by atoms with Crippen molar-refractivity contribution in [2.24, 2.45) is 0 Å². The molecule has 0 bridgehead atoms. The summed E-state index contributed by atoms with van der Waals surface area (Å²) in [5.74, 6) is -0.303. The molecule has 0 N–H and O–H groups in total. The first kappa shape index (κ1) is 27.9. The Morgan fingerprint density at radius 2 is 1.42 bits per heavy atom. The Hall–Kier alpha value is -0.950. The van der Waals surface area contributed by atoms with Crippen molar-refractivity contribution in [3.8, 4) is 0 Å². The third-order valence-electron chi connectivity index (χ3n) is 2.56. The van der Waals surface area contributed by atoms with E-state index >= 15 is 0 Å². The Morgan fingerprint density at radius 1 is 0.917 bits per heavy atom. The van der Waals surface area contributed by atoms with Gasteiger partial charge in [-0.2, -0.15) is 0 Å². The molecule has 0 saturated heterocycles. The molecule has 3 atom stereocenters. The van der Waals surface area contributed by atoms with Crippen molar-refractivity contribution in [3.63, 3.8) is 0 Å². The Balaban J connectivity index is -0.00000220. The van der Waals surface area contributed by atoms with Crippen molar-refractivity contribution in [2.45, 2.75) is 60.9 Å². The van der Waals surface area contributed by atoms with Gasteiger partial charge in [-0.3, -0.25) is 4.79 Å². The van der Waals surface area contributed by atoms with Crippen molar-refractivity contribution in [1.29, 1.82) is 0 Å². The summed E-state index contributed by atoms with van der Waals surface area (Å²) >= 11 is 0. The minimum atomic E-state index is -0.303. The zero-order valence-corrected chi connectivity index (χ0v) is 14.2. The van der Waals surface area contributed by atoms with Crippen LogP contribution in [0, 0.1) is 0 Å². The van der Waals surface area contributed by atoms with Gasteiger partial charge in [0.1, 0.15) is 6.10 Å². The second-order valence-corrected chi connectivity index (χ2v) is 5.15. The van der Waals surface area contributed by atoms with Crippen molar-refractivity contribution < 1.29 is 28.5 Å². The SMILES string of the molecule is C.C.C=CCOCCOCC(C)OCC(C)OCC(C)OC(C)=O. The average Bonchev–Trinajstić information content (AvgIpc) is 2.46. The molecule has 0 aliphatic rings. The maximum absolute atomic E-state index is 10.8. The number of esters is 1. The van der Waals surface area contributed by atoms with Crippen LogP contribution in [0.15, 0.2) is 12.7 Å². The number of carbonyl (C=O) groups is 1. The molecule has 0 amide bonds. The normalized spacial score (nSPS) is 13.8. The highest BCUT2D eigenvalue weighted by atomic mass is 16.6. The maximum atomic E-state index is 10.8. The first-order valence-corrected chi connectivity index (χ1v) is 7.62. The van der Waals surface area contributed by atoms with E-state index in [1.807, 2.05) is 13.8 Å². The summed E-state index contributed by atoms with van der Waals surface area (Å²) in [4.78, 5) is 10.8. The fourth-order valence-corrected chi connectivity index (χ4v) is 1.55. The van der Waals surface area contributed by atoms with Crippen molar-refractivity contribution >= 4 is 5.97 Å². The fraction of sp³-hybridized carbons (Fsp3) is 0.833. The van der Waals surface area contributed by atoms with Gasteiger partial charge in [-0.25, -0.2) is 0 Å². The van der Waals surface area contributed by atoms with Gasteiger partial charge in [0.25, 0.3) is 0 Å². The van der Waals surface area contributed by atoms with E-state index in [1.54, 1.807) is 13.0 Å². The summed E-state index contributed by atoms with van der Waals surface area (Å²) in [6.45, 7) is 13.5. The molecule has 0 radical (unpaired) electrons. The quantitative estimate of drug-likeness (QED) is 0.272. The summed E-state index contributed by atoms with van der Waals surface area (Å²) in [5.41, 5.74) is 0. The highest BCUT2D eigenvalue weighted by molar-refractivity contribution is 5.66. The van der Waals surface area contributed by atoms with E-state index < -0.39 is 0 Å². The zero-order valence-electron chi connectivity index (χ0n) is 14.2. The number of hydrogen-bond donors (Lipinski definition) is 0. The van der Waals surface area contributed by atoms with Crippen LogP contribution in [0.2, 0.25) is 0 Å². The van der Waals surface area contributed by atoms with E-state index in [2.05, 4.69) is 6.58 Å².